The van der Waals surface area contributed by atoms with Crippen molar-refractivity contribution in [3.05, 3.63) is 59.2 Å². The van der Waals surface area contributed by atoms with Gasteiger partial charge in [-0.15, -0.1) is 0 Å². The van der Waals surface area contributed by atoms with Gasteiger partial charge in [-0.3, -0.25) is 4.79 Å². The molecule has 0 aromatic heterocycles. The van der Waals surface area contributed by atoms with Gasteiger partial charge in [-0.2, -0.15) is 5.26 Å². The Labute approximate surface area is 153 Å². The Balaban J connectivity index is 1.74. The highest BCUT2D eigenvalue weighted by atomic mass is 16.5. The van der Waals surface area contributed by atoms with Crippen molar-refractivity contribution in [1.82, 2.24) is 4.90 Å². The van der Waals surface area contributed by atoms with Crippen LogP contribution in [-0.4, -0.2) is 31.1 Å². The summed E-state index contributed by atoms with van der Waals surface area (Å²) in [7, 11) is 3.24. The molecular formula is C21H22N2O3. The molecule has 2 aromatic rings. The van der Waals surface area contributed by atoms with Gasteiger partial charge >= 0.3 is 0 Å². The summed E-state index contributed by atoms with van der Waals surface area (Å²) in [5.41, 5.74) is 2.78. The molecule has 26 heavy (non-hydrogen) atoms. The number of rotatable bonds is 6. The molecule has 5 nitrogen and oxygen atoms in total. The van der Waals surface area contributed by atoms with Gasteiger partial charge < -0.3 is 14.4 Å². The van der Waals surface area contributed by atoms with Crippen molar-refractivity contribution < 1.29 is 14.3 Å². The minimum Gasteiger partial charge on any atom is -0.493 e. The van der Waals surface area contributed by atoms with E-state index in [9.17, 15) is 4.79 Å². The Kier molecular flexibility index (Phi) is 5.43. The number of ether oxygens (including phenoxy) is 2. The average molecular weight is 350 g/mol. The summed E-state index contributed by atoms with van der Waals surface area (Å²) in [5, 5.41) is 8.91. The SMILES string of the molecule is COc1ccc(CC2CCC(=O)N2Cc2ccc(C#N)cc2)cc1OC. The molecule has 1 amide bonds. The van der Waals surface area contributed by atoms with Crippen molar-refractivity contribution in [1.29, 1.82) is 5.26 Å². The quantitative estimate of drug-likeness (QED) is 0.802. The van der Waals surface area contributed by atoms with Crippen LogP contribution in [0.5, 0.6) is 11.5 Å². The van der Waals surface area contributed by atoms with E-state index in [-0.39, 0.29) is 11.9 Å². The van der Waals surface area contributed by atoms with Gasteiger partial charge in [-0.1, -0.05) is 18.2 Å². The van der Waals surface area contributed by atoms with E-state index in [1.165, 1.54) is 0 Å². The van der Waals surface area contributed by atoms with Crippen LogP contribution in [0.1, 0.15) is 29.5 Å². The van der Waals surface area contributed by atoms with Gasteiger partial charge in [0.2, 0.25) is 5.91 Å². The van der Waals surface area contributed by atoms with E-state index >= 15 is 0 Å². The zero-order valence-corrected chi connectivity index (χ0v) is 15.1. The Morgan fingerprint density at radius 1 is 1.08 bits per heavy atom. The molecule has 1 fully saturated rings. The number of likely N-dealkylation sites (tertiary alicyclic amines) is 1. The molecule has 1 aliphatic heterocycles. The summed E-state index contributed by atoms with van der Waals surface area (Å²) in [5.74, 6) is 1.58. The maximum atomic E-state index is 12.4. The summed E-state index contributed by atoms with van der Waals surface area (Å²) >= 11 is 0. The van der Waals surface area contributed by atoms with E-state index in [0.29, 0.717) is 30.0 Å². The van der Waals surface area contributed by atoms with Gasteiger partial charge in [0.1, 0.15) is 0 Å². The number of nitrogens with zero attached hydrogens (tertiary/aromatic N) is 2. The van der Waals surface area contributed by atoms with E-state index in [2.05, 4.69) is 6.07 Å². The highest BCUT2D eigenvalue weighted by molar-refractivity contribution is 5.78. The lowest BCUT2D eigenvalue weighted by molar-refractivity contribution is -0.129. The van der Waals surface area contributed by atoms with Crippen LogP contribution in [0, 0.1) is 11.3 Å². The lowest BCUT2D eigenvalue weighted by atomic mass is 10.0. The van der Waals surface area contributed by atoms with Crippen LogP contribution in [0.25, 0.3) is 0 Å². The van der Waals surface area contributed by atoms with Gasteiger partial charge in [0.05, 0.1) is 25.9 Å². The van der Waals surface area contributed by atoms with Crippen molar-refractivity contribution in [2.45, 2.75) is 31.8 Å². The largest absolute Gasteiger partial charge is 0.493 e. The normalized spacial score (nSPS) is 16.4. The second-order valence-electron chi connectivity index (χ2n) is 6.42. The van der Waals surface area contributed by atoms with Gasteiger partial charge in [0, 0.05) is 19.0 Å². The number of carbonyl (C=O) groups excluding carboxylic acids is 1. The van der Waals surface area contributed by atoms with Crippen LogP contribution in [0.15, 0.2) is 42.5 Å². The predicted octanol–water partition coefficient (Wildman–Crippen LogP) is 3.31. The van der Waals surface area contributed by atoms with Crippen LogP contribution in [0.2, 0.25) is 0 Å². The number of hydrogen-bond donors (Lipinski definition) is 0. The third kappa shape index (κ3) is 3.80. The number of amides is 1. The fourth-order valence-electron chi connectivity index (χ4n) is 3.38. The molecule has 0 radical (unpaired) electrons. The topological polar surface area (TPSA) is 62.6 Å². The molecule has 0 spiro atoms. The van der Waals surface area contributed by atoms with Crippen molar-refractivity contribution in [3.63, 3.8) is 0 Å². The fourth-order valence-corrected chi connectivity index (χ4v) is 3.38. The second kappa shape index (κ2) is 7.92. The van der Waals surface area contributed by atoms with Crippen LogP contribution in [0.4, 0.5) is 0 Å². The van der Waals surface area contributed by atoms with Crippen LogP contribution >= 0.6 is 0 Å². The van der Waals surface area contributed by atoms with Crippen molar-refractivity contribution in [2.75, 3.05) is 14.2 Å². The maximum Gasteiger partial charge on any atom is 0.223 e. The minimum absolute atomic E-state index is 0.163. The zero-order valence-electron chi connectivity index (χ0n) is 15.1. The Bertz CT molecular complexity index is 824. The Morgan fingerprint density at radius 2 is 1.77 bits per heavy atom. The molecule has 5 heteroatoms. The lowest BCUT2D eigenvalue weighted by Crippen LogP contribution is -2.33. The van der Waals surface area contributed by atoms with Crippen LogP contribution in [0.3, 0.4) is 0 Å². The molecule has 0 bridgehead atoms. The van der Waals surface area contributed by atoms with Gasteiger partial charge in [0.15, 0.2) is 11.5 Å². The Morgan fingerprint density at radius 3 is 2.42 bits per heavy atom. The van der Waals surface area contributed by atoms with Crippen LogP contribution < -0.4 is 9.47 Å². The van der Waals surface area contributed by atoms with Crippen molar-refractivity contribution in [2.24, 2.45) is 0 Å². The molecule has 0 saturated carbocycles. The third-order valence-electron chi connectivity index (χ3n) is 4.81. The van der Waals surface area contributed by atoms with Gasteiger partial charge in [-0.05, 0) is 48.2 Å². The van der Waals surface area contributed by atoms with E-state index in [4.69, 9.17) is 14.7 Å². The molecule has 3 rings (SSSR count). The molecule has 1 atom stereocenters. The van der Waals surface area contributed by atoms with Crippen molar-refractivity contribution >= 4 is 5.91 Å². The average Bonchev–Trinajstić information content (AvgIpc) is 3.02. The number of benzene rings is 2. The van der Waals surface area contributed by atoms with E-state index < -0.39 is 0 Å². The van der Waals surface area contributed by atoms with E-state index in [1.54, 1.807) is 26.4 Å². The van der Waals surface area contributed by atoms with Crippen LogP contribution in [-0.2, 0) is 17.8 Å². The van der Waals surface area contributed by atoms with Gasteiger partial charge in [-0.25, -0.2) is 0 Å². The molecule has 1 saturated heterocycles. The lowest BCUT2D eigenvalue weighted by Gasteiger charge is -2.25. The first-order valence-electron chi connectivity index (χ1n) is 8.64. The number of carbonyl (C=O) groups is 1. The first-order chi connectivity index (χ1) is 12.6. The number of hydrogen-bond acceptors (Lipinski definition) is 4. The molecular weight excluding hydrogens is 328 g/mol. The second-order valence-corrected chi connectivity index (χ2v) is 6.42. The first-order valence-corrected chi connectivity index (χ1v) is 8.64. The molecule has 2 aromatic carbocycles. The standard InChI is InChI=1S/C21H22N2O3/c1-25-19-9-7-17(12-20(19)26-2)11-18-8-10-21(24)23(18)14-16-5-3-15(13-22)4-6-16/h3-7,9,12,18H,8,10-11,14H2,1-2H3. The summed E-state index contributed by atoms with van der Waals surface area (Å²) in [6, 6.07) is 15.6. The third-order valence-corrected chi connectivity index (χ3v) is 4.81. The molecule has 1 heterocycles. The maximum absolute atomic E-state index is 12.4. The molecule has 0 aliphatic carbocycles. The predicted molar refractivity (Wildman–Crippen MR) is 98.0 cm³/mol. The highest BCUT2D eigenvalue weighted by Gasteiger charge is 2.31. The summed E-state index contributed by atoms with van der Waals surface area (Å²) < 4.78 is 10.7. The zero-order chi connectivity index (χ0) is 18.5. The summed E-state index contributed by atoms with van der Waals surface area (Å²) in [4.78, 5) is 14.3. The first kappa shape index (κ1) is 17.8. The number of nitriles is 1. The summed E-state index contributed by atoms with van der Waals surface area (Å²) in [6.07, 6.45) is 2.21. The minimum atomic E-state index is 0.163. The highest BCUT2D eigenvalue weighted by Crippen LogP contribution is 2.30. The smallest absolute Gasteiger partial charge is 0.223 e. The fraction of sp³-hybridized carbons (Fsp3) is 0.333. The monoisotopic (exact) mass is 350 g/mol. The number of methoxy groups -OCH3 is 2. The molecule has 134 valence electrons. The van der Waals surface area contributed by atoms with Crippen molar-refractivity contribution in [3.8, 4) is 17.6 Å². The van der Waals surface area contributed by atoms with E-state index in [0.717, 1.165) is 24.0 Å². The Hall–Kier alpha value is -3.00. The molecule has 1 aliphatic rings. The van der Waals surface area contributed by atoms with E-state index in [1.807, 2.05) is 35.2 Å². The molecule has 1 unspecified atom stereocenters. The molecule has 0 N–H and O–H groups in total. The summed E-state index contributed by atoms with van der Waals surface area (Å²) in [6.45, 7) is 0.572. The van der Waals surface area contributed by atoms with Gasteiger partial charge in [0.25, 0.3) is 0 Å².